The summed E-state index contributed by atoms with van der Waals surface area (Å²) in [5, 5.41) is 7.11. The lowest BCUT2D eigenvalue weighted by Gasteiger charge is -2.39. The summed E-state index contributed by atoms with van der Waals surface area (Å²) in [6.07, 6.45) is 3.32. The molecular weight excluding hydrogens is 351 g/mol. The van der Waals surface area contributed by atoms with E-state index in [1.54, 1.807) is 12.1 Å². The number of amides is 1. The van der Waals surface area contributed by atoms with E-state index >= 15 is 0 Å². The van der Waals surface area contributed by atoms with Gasteiger partial charge in [-0.05, 0) is 61.0 Å². The van der Waals surface area contributed by atoms with Crippen LogP contribution < -0.4 is 10.6 Å². The number of carbonyl (C=O) groups is 1. The fourth-order valence-electron chi connectivity index (χ4n) is 3.49. The van der Waals surface area contributed by atoms with Crippen LogP contribution in [0, 0.1) is 11.3 Å². The van der Waals surface area contributed by atoms with Crippen molar-refractivity contribution in [3.63, 3.8) is 0 Å². The summed E-state index contributed by atoms with van der Waals surface area (Å²) in [5.41, 5.74) is 0.722. The Bertz CT molecular complexity index is 619. The zero-order valence-electron chi connectivity index (χ0n) is 13.6. The maximum atomic E-state index is 12.2. The second-order valence-electron chi connectivity index (χ2n) is 7.17. The molecule has 0 aliphatic heterocycles. The Morgan fingerprint density at radius 1 is 1.26 bits per heavy atom. The minimum Gasteiger partial charge on any atom is -0.360 e. The third kappa shape index (κ3) is 5.33. The molecule has 0 saturated heterocycles. The molecule has 1 aliphatic carbocycles. The molecule has 2 N–H and O–H groups in total. The Balaban J connectivity index is 1.93. The van der Waals surface area contributed by atoms with Gasteiger partial charge in [-0.25, -0.2) is 0 Å². The topological polar surface area (TPSA) is 41.1 Å². The van der Waals surface area contributed by atoms with E-state index in [2.05, 4.69) is 31.4 Å². The van der Waals surface area contributed by atoms with E-state index in [4.69, 9.17) is 35.4 Å². The van der Waals surface area contributed by atoms with Gasteiger partial charge in [0.05, 0.1) is 10.0 Å². The highest BCUT2D eigenvalue weighted by Crippen LogP contribution is 2.38. The Kier molecular flexibility index (Phi) is 5.93. The van der Waals surface area contributed by atoms with E-state index < -0.39 is 0 Å². The van der Waals surface area contributed by atoms with Crippen molar-refractivity contribution >= 4 is 46.4 Å². The zero-order valence-corrected chi connectivity index (χ0v) is 15.9. The molecule has 0 bridgehead atoms. The summed E-state index contributed by atoms with van der Waals surface area (Å²) in [6, 6.07) is 5.04. The molecule has 126 valence electrons. The van der Waals surface area contributed by atoms with Gasteiger partial charge in [-0.1, -0.05) is 44.0 Å². The fourth-order valence-corrected chi connectivity index (χ4v) is 4.05. The van der Waals surface area contributed by atoms with Gasteiger partial charge in [0.25, 0.3) is 5.91 Å². The van der Waals surface area contributed by atoms with Gasteiger partial charge < -0.3 is 5.32 Å². The molecule has 6 heteroatoms. The first-order valence-electron chi connectivity index (χ1n) is 7.73. The molecule has 1 fully saturated rings. The lowest BCUT2D eigenvalue weighted by molar-refractivity contribution is 0.0975. The number of carbonyl (C=O) groups excluding carboxylic acids is 1. The van der Waals surface area contributed by atoms with Gasteiger partial charge in [0, 0.05) is 11.6 Å². The summed E-state index contributed by atoms with van der Waals surface area (Å²) in [4.78, 5) is 12.2. The summed E-state index contributed by atoms with van der Waals surface area (Å²) < 4.78 is 0. The average molecular weight is 373 g/mol. The first-order chi connectivity index (χ1) is 10.7. The van der Waals surface area contributed by atoms with Gasteiger partial charge in [0.1, 0.15) is 0 Å². The Labute approximate surface area is 153 Å². The second-order valence-corrected chi connectivity index (χ2v) is 8.39. The third-order valence-electron chi connectivity index (χ3n) is 4.13. The van der Waals surface area contributed by atoms with Gasteiger partial charge >= 0.3 is 0 Å². The van der Waals surface area contributed by atoms with Crippen molar-refractivity contribution in [2.75, 3.05) is 0 Å². The molecule has 1 aromatic carbocycles. The predicted molar refractivity (Wildman–Crippen MR) is 100 cm³/mol. The Morgan fingerprint density at radius 3 is 2.57 bits per heavy atom. The van der Waals surface area contributed by atoms with Crippen molar-refractivity contribution in [3.8, 4) is 0 Å². The van der Waals surface area contributed by atoms with Gasteiger partial charge in [-0.3, -0.25) is 10.1 Å². The minimum atomic E-state index is -0.288. The highest BCUT2D eigenvalue weighted by molar-refractivity contribution is 7.80. The van der Waals surface area contributed by atoms with Crippen molar-refractivity contribution in [1.29, 1.82) is 0 Å². The number of benzene rings is 1. The molecule has 2 atom stereocenters. The van der Waals surface area contributed by atoms with E-state index in [1.165, 1.54) is 12.5 Å². The molecule has 3 nitrogen and oxygen atoms in total. The van der Waals surface area contributed by atoms with Crippen LogP contribution in [0.3, 0.4) is 0 Å². The molecule has 1 amide bonds. The van der Waals surface area contributed by atoms with Crippen molar-refractivity contribution in [1.82, 2.24) is 10.6 Å². The van der Waals surface area contributed by atoms with Gasteiger partial charge in [-0.2, -0.15) is 0 Å². The molecule has 0 unspecified atom stereocenters. The smallest absolute Gasteiger partial charge is 0.257 e. The summed E-state index contributed by atoms with van der Waals surface area (Å²) in [6.45, 7) is 6.80. The molecule has 23 heavy (non-hydrogen) atoms. The Hall–Kier alpha value is -0.840. The first-order valence-corrected chi connectivity index (χ1v) is 8.89. The van der Waals surface area contributed by atoms with E-state index in [0.717, 1.165) is 12.8 Å². The quantitative estimate of drug-likeness (QED) is 0.731. The van der Waals surface area contributed by atoms with Crippen LogP contribution >= 0.6 is 35.4 Å². The van der Waals surface area contributed by atoms with Crippen LogP contribution in [-0.4, -0.2) is 17.1 Å². The number of thiocarbonyl (C=S) groups is 1. The van der Waals surface area contributed by atoms with Crippen molar-refractivity contribution in [2.24, 2.45) is 11.3 Å². The highest BCUT2D eigenvalue weighted by Gasteiger charge is 2.32. The largest absolute Gasteiger partial charge is 0.360 e. The second kappa shape index (κ2) is 7.37. The maximum absolute atomic E-state index is 12.2. The van der Waals surface area contributed by atoms with Crippen LogP contribution in [0.2, 0.25) is 10.0 Å². The van der Waals surface area contributed by atoms with Crippen LogP contribution in [0.5, 0.6) is 0 Å². The van der Waals surface area contributed by atoms with E-state index in [0.29, 0.717) is 32.1 Å². The molecule has 1 aliphatic rings. The number of nitrogens with one attached hydrogen (secondary N) is 2. The van der Waals surface area contributed by atoms with Crippen molar-refractivity contribution in [3.05, 3.63) is 33.8 Å². The van der Waals surface area contributed by atoms with Crippen LogP contribution in [-0.2, 0) is 0 Å². The first kappa shape index (κ1) is 18.5. The molecule has 0 aromatic heterocycles. The molecule has 2 rings (SSSR count). The summed E-state index contributed by atoms with van der Waals surface area (Å²) in [5.74, 6) is 0.356. The summed E-state index contributed by atoms with van der Waals surface area (Å²) in [7, 11) is 0. The molecular formula is C17H22Cl2N2OS. The maximum Gasteiger partial charge on any atom is 0.257 e. The zero-order chi connectivity index (χ0) is 17.2. The van der Waals surface area contributed by atoms with Gasteiger partial charge in [0.2, 0.25) is 0 Å². The molecule has 0 heterocycles. The third-order valence-corrected chi connectivity index (χ3v) is 5.09. The molecule has 0 spiro atoms. The fraction of sp³-hybridized carbons (Fsp3) is 0.529. The molecule has 1 saturated carbocycles. The van der Waals surface area contributed by atoms with Crippen LogP contribution in [0.4, 0.5) is 0 Å². The minimum absolute atomic E-state index is 0.287. The lowest BCUT2D eigenvalue weighted by atomic mass is 9.71. The average Bonchev–Trinajstić information content (AvgIpc) is 2.39. The SMILES string of the molecule is C[C@H]1C[C@@H](NC(=S)NC(=O)c2ccc(Cl)c(Cl)c2)CC(C)(C)C1. The van der Waals surface area contributed by atoms with Gasteiger partial charge in [-0.15, -0.1) is 0 Å². The van der Waals surface area contributed by atoms with E-state index in [9.17, 15) is 4.79 Å². The van der Waals surface area contributed by atoms with Crippen LogP contribution in [0.1, 0.15) is 50.4 Å². The number of rotatable bonds is 2. The molecule has 0 radical (unpaired) electrons. The van der Waals surface area contributed by atoms with E-state index in [-0.39, 0.29) is 11.9 Å². The van der Waals surface area contributed by atoms with Gasteiger partial charge in [0.15, 0.2) is 5.11 Å². The van der Waals surface area contributed by atoms with E-state index in [1.807, 2.05) is 0 Å². The molecule has 1 aromatic rings. The number of halogens is 2. The summed E-state index contributed by atoms with van der Waals surface area (Å²) >= 11 is 17.1. The van der Waals surface area contributed by atoms with Crippen molar-refractivity contribution < 1.29 is 4.79 Å². The Morgan fingerprint density at radius 2 is 1.96 bits per heavy atom. The van der Waals surface area contributed by atoms with Crippen molar-refractivity contribution in [2.45, 2.75) is 46.1 Å². The monoisotopic (exact) mass is 372 g/mol. The normalized spacial score (nSPS) is 23.2. The lowest BCUT2D eigenvalue weighted by Crippen LogP contribution is -2.48. The standard InChI is InChI=1S/C17H22Cl2N2OS/c1-10-6-12(9-17(2,3)8-10)20-16(23)21-15(22)11-4-5-13(18)14(19)7-11/h4-5,7,10,12H,6,8-9H2,1-3H3,(H2,20,21,22,23)/t10-,12+/m0/s1. The van der Waals surface area contributed by atoms with Crippen LogP contribution in [0.25, 0.3) is 0 Å². The predicted octanol–water partition coefficient (Wildman–Crippen LogP) is 4.81. The number of hydrogen-bond donors (Lipinski definition) is 2. The highest BCUT2D eigenvalue weighted by atomic mass is 35.5. The number of hydrogen-bond acceptors (Lipinski definition) is 2. The van der Waals surface area contributed by atoms with Crippen LogP contribution in [0.15, 0.2) is 18.2 Å².